The summed E-state index contributed by atoms with van der Waals surface area (Å²) >= 11 is 2.65. The van der Waals surface area contributed by atoms with Crippen molar-refractivity contribution in [3.8, 4) is 6.07 Å². The summed E-state index contributed by atoms with van der Waals surface area (Å²) < 4.78 is 1.57. The van der Waals surface area contributed by atoms with Crippen LogP contribution in [0.2, 0.25) is 0 Å². The zero-order chi connectivity index (χ0) is 18.0. The normalized spacial score (nSPS) is 12.1. The minimum atomic E-state index is -0.922. The van der Waals surface area contributed by atoms with Gasteiger partial charge in [-0.15, -0.1) is 11.3 Å². The first-order valence-corrected chi connectivity index (χ1v) is 9.26. The van der Waals surface area contributed by atoms with E-state index in [1.165, 1.54) is 23.1 Å². The monoisotopic (exact) mass is 363 g/mol. The quantitative estimate of drug-likeness (QED) is 0.471. The van der Waals surface area contributed by atoms with E-state index in [0.29, 0.717) is 21.9 Å². The largest absolute Gasteiger partial charge is 0.297 e. The van der Waals surface area contributed by atoms with Crippen molar-refractivity contribution in [3.63, 3.8) is 0 Å². The lowest BCUT2D eigenvalue weighted by Crippen LogP contribution is -2.44. The molecule has 2 rings (SSSR count). The smallest absolute Gasteiger partial charge is 0.263 e. The molecule has 2 heterocycles. The molecule has 0 saturated heterocycles. The third-order valence-corrected chi connectivity index (χ3v) is 5.92. The van der Waals surface area contributed by atoms with Crippen molar-refractivity contribution in [1.82, 2.24) is 9.55 Å². The number of hydrogen-bond donors (Lipinski definition) is 1. The maximum absolute atomic E-state index is 12.7. The molecular weight excluding hydrogens is 344 g/mol. The van der Waals surface area contributed by atoms with Gasteiger partial charge in [0.25, 0.3) is 5.56 Å². The molecule has 0 aliphatic rings. The van der Waals surface area contributed by atoms with Crippen LogP contribution in [-0.2, 0) is 11.3 Å². The first-order valence-electron chi connectivity index (χ1n) is 7.46. The van der Waals surface area contributed by atoms with E-state index < -0.39 is 5.92 Å². The zero-order valence-corrected chi connectivity index (χ0v) is 15.7. The molecule has 0 unspecified atom stereocenters. The fourth-order valence-electron chi connectivity index (χ4n) is 2.34. The summed E-state index contributed by atoms with van der Waals surface area (Å²) in [6.07, 6.45) is 0. The predicted octanol–water partition coefficient (Wildman–Crippen LogP) is 1.12. The second kappa shape index (κ2) is 7.28. The van der Waals surface area contributed by atoms with Crippen LogP contribution in [-0.4, -0.2) is 26.8 Å². The Morgan fingerprint density at radius 1 is 1.50 bits per heavy atom. The molecule has 2 aromatic rings. The minimum absolute atomic E-state index is 0.0497. The molecule has 0 amide bonds. The highest BCUT2D eigenvalue weighted by atomic mass is 32.2. The zero-order valence-electron chi connectivity index (χ0n) is 14.0. The first kappa shape index (κ1) is 18.4. The van der Waals surface area contributed by atoms with Crippen molar-refractivity contribution in [2.75, 3.05) is 5.75 Å². The molecule has 0 fully saturated rings. The van der Waals surface area contributed by atoms with Crippen LogP contribution in [0.1, 0.15) is 24.3 Å². The van der Waals surface area contributed by atoms with Crippen LogP contribution in [0.15, 0.2) is 9.95 Å². The molecule has 0 bridgehead atoms. The number of aryl methyl sites for hydroxylation is 2. The number of carbonyl (C=O) groups is 1. The molecule has 126 valence electrons. The van der Waals surface area contributed by atoms with Gasteiger partial charge in [0.2, 0.25) is 0 Å². The van der Waals surface area contributed by atoms with Crippen molar-refractivity contribution in [2.24, 2.45) is 5.92 Å². The van der Waals surface area contributed by atoms with Gasteiger partial charge in [0.05, 0.1) is 17.2 Å². The van der Waals surface area contributed by atoms with Crippen molar-refractivity contribution in [1.29, 1.82) is 5.26 Å². The van der Waals surface area contributed by atoms with Crippen LogP contribution in [0.5, 0.6) is 0 Å². The lowest BCUT2D eigenvalue weighted by molar-refractivity contribution is -0.127. The van der Waals surface area contributed by atoms with E-state index in [2.05, 4.69) is 4.98 Å². The van der Waals surface area contributed by atoms with E-state index in [4.69, 9.17) is 10.7 Å². The number of ketones is 1. The molecule has 0 saturated carbocycles. The molecule has 0 aromatic carbocycles. The Kier molecular flexibility index (Phi) is 5.57. The molecule has 1 atom stereocenters. The summed E-state index contributed by atoms with van der Waals surface area (Å²) in [5, 5.41) is 15.8. The average Bonchev–Trinajstić information content (AvgIpc) is 2.80. The van der Waals surface area contributed by atoms with Gasteiger partial charge in [0.15, 0.2) is 22.6 Å². The number of hydrogen-bond acceptors (Lipinski definition) is 6. The number of aromatic nitrogens is 2. The van der Waals surface area contributed by atoms with E-state index in [1.807, 2.05) is 26.8 Å². The lowest BCUT2D eigenvalue weighted by atomic mass is 10.0. The molecule has 6 nitrogen and oxygen atoms in total. The highest BCUT2D eigenvalue weighted by Gasteiger charge is 2.25. The van der Waals surface area contributed by atoms with Gasteiger partial charge in [0, 0.05) is 18.3 Å². The maximum Gasteiger partial charge on any atom is 0.263 e. The van der Waals surface area contributed by atoms with E-state index in [0.717, 1.165) is 10.4 Å². The predicted molar refractivity (Wildman–Crippen MR) is 96.5 cm³/mol. The molecule has 8 heteroatoms. The molecule has 0 spiro atoms. The third-order valence-electron chi connectivity index (χ3n) is 3.82. The van der Waals surface area contributed by atoms with Crippen LogP contribution < -0.4 is 11.0 Å². The number of Topliss-reactive ketones (excluding diaryl/α,β-unsaturated/α-hetero) is 1. The molecule has 2 aromatic heterocycles. The number of rotatable bonds is 6. The van der Waals surface area contributed by atoms with Gasteiger partial charge >= 0.3 is 0 Å². The summed E-state index contributed by atoms with van der Waals surface area (Å²) in [6.45, 7) is 7.78. The number of nitrogens with two attached hydrogens (primary N) is 1. The summed E-state index contributed by atoms with van der Waals surface area (Å²) in [5.41, 5.74) is 1.15. The van der Waals surface area contributed by atoms with Gasteiger partial charge in [-0.3, -0.25) is 19.6 Å². The highest BCUT2D eigenvalue weighted by Crippen LogP contribution is 2.28. The molecule has 0 radical (unpaired) electrons. The van der Waals surface area contributed by atoms with Crippen LogP contribution in [0.4, 0.5) is 0 Å². The second-order valence-electron chi connectivity index (χ2n) is 5.47. The van der Waals surface area contributed by atoms with Gasteiger partial charge in [-0.1, -0.05) is 11.8 Å². The Hall–Kier alpha value is -1.98. The molecule has 2 N–H and O–H groups in total. The summed E-state index contributed by atoms with van der Waals surface area (Å²) in [7, 11) is 0. The standard InChI is InChI=1S/C16H18N4O2S2/c1-5-20-15(22)13-8(2)10(4)24-14(13)19-16(20)23-7-12(21)11(6-17)9(3)18/h11,18H,5,7H2,1-4H3/p+1/t11-/m0/s1. The summed E-state index contributed by atoms with van der Waals surface area (Å²) in [6, 6.07) is 1.91. The summed E-state index contributed by atoms with van der Waals surface area (Å²) in [4.78, 5) is 31.2. The first-order chi connectivity index (χ1) is 11.3. The maximum atomic E-state index is 12.7. The van der Waals surface area contributed by atoms with Gasteiger partial charge in [0.1, 0.15) is 4.83 Å². The van der Waals surface area contributed by atoms with E-state index in [1.54, 1.807) is 11.5 Å². The Bertz CT molecular complexity index is 921. The van der Waals surface area contributed by atoms with Crippen LogP contribution in [0, 0.1) is 31.1 Å². The van der Waals surface area contributed by atoms with Gasteiger partial charge in [-0.05, 0) is 26.3 Å². The minimum Gasteiger partial charge on any atom is -0.297 e. The van der Waals surface area contributed by atoms with Gasteiger partial charge < -0.3 is 0 Å². The van der Waals surface area contributed by atoms with E-state index in [9.17, 15) is 9.59 Å². The van der Waals surface area contributed by atoms with Gasteiger partial charge in [-0.2, -0.15) is 5.26 Å². The number of thioether (sulfide) groups is 1. The fourth-order valence-corrected chi connectivity index (χ4v) is 4.38. The number of nitriles is 1. The van der Waals surface area contributed by atoms with Crippen molar-refractivity contribution < 1.29 is 10.2 Å². The Morgan fingerprint density at radius 3 is 2.71 bits per heavy atom. The number of nitrogens with zero attached hydrogens (tertiary/aromatic N) is 3. The van der Waals surface area contributed by atoms with Gasteiger partial charge in [-0.25, -0.2) is 4.98 Å². The SMILES string of the molecule is CCn1c(SCC(=O)[C@@H](C#N)C(C)=[NH2+])nc2sc(C)c(C)c2c1=O. The van der Waals surface area contributed by atoms with Crippen LogP contribution in [0.3, 0.4) is 0 Å². The van der Waals surface area contributed by atoms with Crippen molar-refractivity contribution in [2.45, 2.75) is 39.4 Å². The Morgan fingerprint density at radius 2 is 2.17 bits per heavy atom. The van der Waals surface area contributed by atoms with Crippen molar-refractivity contribution >= 4 is 44.8 Å². The van der Waals surface area contributed by atoms with Crippen molar-refractivity contribution in [3.05, 3.63) is 20.8 Å². The lowest BCUT2D eigenvalue weighted by Gasteiger charge is -2.10. The Labute approximate surface area is 148 Å². The number of carbonyl (C=O) groups excluding carboxylic acids is 1. The second-order valence-corrected chi connectivity index (χ2v) is 7.61. The third kappa shape index (κ3) is 3.28. The fraction of sp³-hybridized carbons (Fsp3) is 0.438. The van der Waals surface area contributed by atoms with Crippen LogP contribution >= 0.6 is 23.1 Å². The molecule has 0 aliphatic carbocycles. The average molecular weight is 363 g/mol. The summed E-state index contributed by atoms with van der Waals surface area (Å²) in [5.74, 6) is -1.15. The van der Waals surface area contributed by atoms with Crippen LogP contribution in [0.25, 0.3) is 10.2 Å². The Balaban J connectivity index is 2.39. The number of fused-ring (bicyclic) bond motifs is 1. The highest BCUT2D eigenvalue weighted by molar-refractivity contribution is 7.99. The molecule has 0 aliphatic heterocycles. The number of thiophene rings is 1. The van der Waals surface area contributed by atoms with E-state index in [-0.39, 0.29) is 22.8 Å². The molecule has 24 heavy (non-hydrogen) atoms. The molecular formula is C16H19N4O2S2+. The topological polar surface area (TPSA) is 101 Å². The van der Waals surface area contributed by atoms with E-state index >= 15 is 0 Å².